The lowest BCUT2D eigenvalue weighted by Gasteiger charge is -2.24. The molecule has 156 valence electrons. The van der Waals surface area contributed by atoms with Crippen molar-refractivity contribution in [2.75, 3.05) is 0 Å². The fraction of sp³-hybridized carbons (Fsp3) is 0.333. The molecule has 0 saturated heterocycles. The van der Waals surface area contributed by atoms with E-state index in [1.54, 1.807) is 27.7 Å². The molecule has 0 radical (unpaired) electrons. The maximum absolute atomic E-state index is 15.3. The number of hydrogen-bond donors (Lipinski definition) is 1. The third-order valence-corrected chi connectivity index (χ3v) is 4.61. The molecule has 1 unspecified atom stereocenters. The monoisotopic (exact) mass is 443 g/mol. The molecule has 0 bridgehead atoms. The van der Waals surface area contributed by atoms with Crippen LogP contribution < -0.4 is 5.32 Å². The van der Waals surface area contributed by atoms with E-state index in [0.29, 0.717) is 6.42 Å². The second kappa shape index (κ2) is 9.09. The summed E-state index contributed by atoms with van der Waals surface area (Å²) in [5.41, 5.74) is -1.03. The molecule has 2 aromatic rings. The van der Waals surface area contributed by atoms with Crippen LogP contribution in [0.3, 0.4) is 0 Å². The highest BCUT2D eigenvalue weighted by Gasteiger charge is 2.26. The van der Waals surface area contributed by atoms with Crippen molar-refractivity contribution in [2.24, 2.45) is 0 Å². The van der Waals surface area contributed by atoms with Crippen molar-refractivity contribution in [3.8, 4) is 0 Å². The second-order valence-electron chi connectivity index (χ2n) is 7.39. The van der Waals surface area contributed by atoms with Crippen molar-refractivity contribution in [3.05, 3.63) is 68.7 Å². The van der Waals surface area contributed by atoms with Crippen molar-refractivity contribution in [3.63, 3.8) is 0 Å². The zero-order chi connectivity index (χ0) is 21.9. The number of benzene rings is 2. The first-order valence-electron chi connectivity index (χ1n) is 8.91. The number of carbonyl (C=O) groups excluding carboxylic acids is 2. The summed E-state index contributed by atoms with van der Waals surface area (Å²) in [7, 11) is 0. The van der Waals surface area contributed by atoms with Gasteiger partial charge in [-0.25, -0.2) is 13.6 Å². The van der Waals surface area contributed by atoms with E-state index in [9.17, 15) is 14.0 Å². The van der Waals surface area contributed by atoms with Crippen LogP contribution in [0.2, 0.25) is 10.0 Å². The average Bonchev–Trinajstić information content (AvgIpc) is 2.61. The van der Waals surface area contributed by atoms with E-state index in [4.69, 9.17) is 27.9 Å². The smallest absolute Gasteiger partial charge is 0.408 e. The highest BCUT2D eigenvalue weighted by molar-refractivity contribution is 6.35. The van der Waals surface area contributed by atoms with E-state index < -0.39 is 35.2 Å². The molecule has 2 rings (SSSR count). The molecule has 1 amide bonds. The molecule has 0 heterocycles. The Morgan fingerprint density at radius 1 is 1.10 bits per heavy atom. The van der Waals surface area contributed by atoms with Gasteiger partial charge in [0.2, 0.25) is 0 Å². The van der Waals surface area contributed by atoms with Gasteiger partial charge >= 0.3 is 6.09 Å². The fourth-order valence-corrected chi connectivity index (χ4v) is 3.09. The Hall–Kier alpha value is -2.18. The number of hydrogen-bond acceptors (Lipinski definition) is 3. The normalized spacial score (nSPS) is 12.4. The minimum Gasteiger partial charge on any atom is -0.444 e. The first kappa shape index (κ1) is 23.1. The zero-order valence-corrected chi connectivity index (χ0v) is 17.9. The molecule has 1 N–H and O–H groups in total. The summed E-state index contributed by atoms with van der Waals surface area (Å²) in [4.78, 5) is 24.9. The molecule has 0 aliphatic heterocycles. The molecule has 0 aliphatic carbocycles. The summed E-state index contributed by atoms with van der Waals surface area (Å²) >= 11 is 11.8. The van der Waals surface area contributed by atoms with Crippen molar-refractivity contribution in [1.29, 1.82) is 0 Å². The SMILES string of the molecule is CCC(NC(=O)OC(C)(C)C)c1ccc(Cl)c(C(=O)c2ccc(F)c(Cl)c2)c1F. The van der Waals surface area contributed by atoms with E-state index in [-0.39, 0.29) is 26.7 Å². The van der Waals surface area contributed by atoms with Crippen LogP contribution in [-0.4, -0.2) is 17.5 Å². The Labute approximate surface area is 178 Å². The Balaban J connectivity index is 2.41. The standard InChI is InChI=1S/C21H21Cl2F2NO3/c1-5-16(26-20(28)29-21(2,3)4)12-7-8-13(22)17(18(12)25)19(27)11-6-9-15(24)14(23)10-11/h6-10,16H,5H2,1-4H3,(H,26,28). The average molecular weight is 444 g/mol. The maximum atomic E-state index is 15.3. The Kier molecular flexibility index (Phi) is 7.25. The summed E-state index contributed by atoms with van der Waals surface area (Å²) in [5, 5.41) is 2.23. The van der Waals surface area contributed by atoms with Gasteiger partial charge in [0.25, 0.3) is 0 Å². The lowest BCUT2D eigenvalue weighted by molar-refractivity contribution is 0.0501. The van der Waals surface area contributed by atoms with Crippen LogP contribution in [0.15, 0.2) is 30.3 Å². The number of halogens is 4. The summed E-state index contributed by atoms with van der Waals surface area (Å²) in [6, 6.07) is 5.35. The first-order chi connectivity index (χ1) is 13.4. The molecule has 2 aromatic carbocycles. The minimum atomic E-state index is -0.870. The van der Waals surface area contributed by atoms with E-state index >= 15 is 4.39 Å². The van der Waals surface area contributed by atoms with Crippen molar-refractivity contribution >= 4 is 35.1 Å². The van der Waals surface area contributed by atoms with E-state index in [1.165, 1.54) is 18.2 Å². The van der Waals surface area contributed by atoms with Crippen LogP contribution >= 0.6 is 23.2 Å². The molecular weight excluding hydrogens is 423 g/mol. The Morgan fingerprint density at radius 3 is 2.31 bits per heavy atom. The topological polar surface area (TPSA) is 55.4 Å². The highest BCUT2D eigenvalue weighted by atomic mass is 35.5. The quantitative estimate of drug-likeness (QED) is 0.538. The summed E-state index contributed by atoms with van der Waals surface area (Å²) in [6.45, 7) is 6.88. The van der Waals surface area contributed by atoms with Gasteiger partial charge in [0, 0.05) is 11.1 Å². The second-order valence-corrected chi connectivity index (χ2v) is 8.21. The van der Waals surface area contributed by atoms with Crippen LogP contribution in [0.25, 0.3) is 0 Å². The largest absolute Gasteiger partial charge is 0.444 e. The number of rotatable bonds is 5. The van der Waals surface area contributed by atoms with Crippen LogP contribution in [0, 0.1) is 11.6 Å². The van der Waals surface area contributed by atoms with Gasteiger partial charge in [-0.1, -0.05) is 36.2 Å². The van der Waals surface area contributed by atoms with Gasteiger partial charge in [-0.05, 0) is 51.5 Å². The molecular formula is C21H21Cl2F2NO3. The third kappa shape index (κ3) is 5.67. The maximum Gasteiger partial charge on any atom is 0.408 e. The number of alkyl carbamates (subject to hydrolysis) is 1. The molecule has 29 heavy (non-hydrogen) atoms. The van der Waals surface area contributed by atoms with Gasteiger partial charge in [0.05, 0.1) is 21.7 Å². The first-order valence-corrected chi connectivity index (χ1v) is 9.67. The van der Waals surface area contributed by atoms with Gasteiger partial charge in [0.1, 0.15) is 17.2 Å². The lowest BCUT2D eigenvalue weighted by Crippen LogP contribution is -2.35. The minimum absolute atomic E-state index is 0.0116. The molecule has 4 nitrogen and oxygen atoms in total. The molecule has 1 atom stereocenters. The van der Waals surface area contributed by atoms with Crippen molar-refractivity contribution in [2.45, 2.75) is 45.8 Å². The van der Waals surface area contributed by atoms with Crippen LogP contribution in [0.5, 0.6) is 0 Å². The zero-order valence-electron chi connectivity index (χ0n) is 16.4. The molecule has 0 spiro atoms. The lowest BCUT2D eigenvalue weighted by atomic mass is 9.96. The number of amides is 1. The van der Waals surface area contributed by atoms with E-state index in [0.717, 1.165) is 12.1 Å². The molecule has 0 fully saturated rings. The van der Waals surface area contributed by atoms with Crippen LogP contribution in [0.4, 0.5) is 13.6 Å². The molecule has 0 aromatic heterocycles. The fourth-order valence-electron chi connectivity index (χ4n) is 2.68. The predicted molar refractivity (Wildman–Crippen MR) is 109 cm³/mol. The summed E-state index contributed by atoms with van der Waals surface area (Å²) < 4.78 is 33.9. The molecule has 0 aliphatic rings. The van der Waals surface area contributed by atoms with E-state index in [2.05, 4.69) is 5.32 Å². The Bertz CT molecular complexity index is 942. The summed E-state index contributed by atoms with van der Waals surface area (Å²) in [6.07, 6.45) is -0.370. The van der Waals surface area contributed by atoms with E-state index in [1.807, 2.05) is 0 Å². The molecule has 8 heteroatoms. The third-order valence-electron chi connectivity index (χ3n) is 4.00. The number of carbonyl (C=O) groups is 2. The number of ketones is 1. The van der Waals surface area contributed by atoms with Crippen molar-refractivity contribution < 1.29 is 23.1 Å². The Morgan fingerprint density at radius 2 is 1.76 bits per heavy atom. The van der Waals surface area contributed by atoms with Crippen LogP contribution in [-0.2, 0) is 4.74 Å². The number of nitrogens with one attached hydrogen (secondary N) is 1. The van der Waals surface area contributed by atoms with Gasteiger partial charge < -0.3 is 10.1 Å². The summed E-state index contributed by atoms with van der Waals surface area (Å²) in [5.74, 6) is -2.31. The van der Waals surface area contributed by atoms with Gasteiger partial charge in [-0.3, -0.25) is 4.79 Å². The van der Waals surface area contributed by atoms with Gasteiger partial charge in [0.15, 0.2) is 5.78 Å². The highest BCUT2D eigenvalue weighted by Crippen LogP contribution is 2.30. The van der Waals surface area contributed by atoms with Gasteiger partial charge in [-0.2, -0.15) is 0 Å². The number of ether oxygens (including phenoxy) is 1. The molecule has 0 saturated carbocycles. The van der Waals surface area contributed by atoms with Crippen LogP contribution in [0.1, 0.15) is 61.6 Å². The van der Waals surface area contributed by atoms with Gasteiger partial charge in [-0.15, -0.1) is 0 Å². The predicted octanol–water partition coefficient (Wildman–Crippen LogP) is 6.48. The van der Waals surface area contributed by atoms with Crippen molar-refractivity contribution in [1.82, 2.24) is 5.32 Å².